The van der Waals surface area contributed by atoms with Crippen LogP contribution in [-0.4, -0.2) is 30.7 Å². The number of aliphatic hydroxyl groups excluding tert-OH is 1. The Morgan fingerprint density at radius 1 is 1.62 bits per heavy atom. The van der Waals surface area contributed by atoms with Crippen LogP contribution in [0.2, 0.25) is 0 Å². The van der Waals surface area contributed by atoms with Crippen LogP contribution in [0.1, 0.15) is 19.8 Å². The van der Waals surface area contributed by atoms with E-state index in [-0.39, 0.29) is 12.4 Å². The maximum absolute atomic E-state index is 9.52. The van der Waals surface area contributed by atoms with Crippen molar-refractivity contribution >= 4 is 0 Å². The highest BCUT2D eigenvalue weighted by Crippen LogP contribution is 2.26. The highest BCUT2D eigenvalue weighted by molar-refractivity contribution is 4.88. The van der Waals surface area contributed by atoms with Crippen molar-refractivity contribution in [1.82, 2.24) is 0 Å². The molecule has 0 aromatic heterocycles. The normalized spacial score (nSPS) is 37.0. The molecule has 13 heavy (non-hydrogen) atoms. The van der Waals surface area contributed by atoms with Gasteiger partial charge in [0.25, 0.3) is 0 Å². The molecular weight excluding hydrogens is 168 g/mol. The minimum Gasteiger partial charge on any atom is -0.386 e. The molecule has 0 aromatic carbocycles. The average molecular weight is 186 g/mol. The van der Waals surface area contributed by atoms with E-state index in [4.69, 9.17) is 9.47 Å². The lowest BCUT2D eigenvalue weighted by Gasteiger charge is -2.34. The highest BCUT2D eigenvalue weighted by Gasteiger charge is 2.30. The second kappa shape index (κ2) is 4.74. The Morgan fingerprint density at radius 2 is 2.31 bits per heavy atom. The molecule has 3 nitrogen and oxygen atoms in total. The summed E-state index contributed by atoms with van der Waals surface area (Å²) in [6.07, 6.45) is 2.36. The van der Waals surface area contributed by atoms with Gasteiger partial charge >= 0.3 is 0 Å². The minimum atomic E-state index is -0.583. The smallest absolute Gasteiger partial charge is 0.157 e. The van der Waals surface area contributed by atoms with E-state index >= 15 is 0 Å². The van der Waals surface area contributed by atoms with Crippen molar-refractivity contribution in [2.75, 3.05) is 7.11 Å². The molecule has 0 amide bonds. The summed E-state index contributed by atoms with van der Waals surface area (Å²) >= 11 is 0. The standard InChI is InChI=1S/C10H18O3/c1-4-8(11)9-5-7(2)6-10(12-3)13-9/h4,7-11H,1,5-6H2,2-3H3/t7?,8-,9-,10-/m0/s1. The molecule has 0 radical (unpaired) electrons. The van der Waals surface area contributed by atoms with E-state index in [2.05, 4.69) is 13.5 Å². The van der Waals surface area contributed by atoms with Crippen LogP contribution in [-0.2, 0) is 9.47 Å². The molecule has 0 saturated carbocycles. The first-order chi connectivity index (χ1) is 6.17. The zero-order valence-electron chi connectivity index (χ0n) is 8.27. The monoisotopic (exact) mass is 186 g/mol. The van der Waals surface area contributed by atoms with Gasteiger partial charge in [0.15, 0.2) is 6.29 Å². The molecule has 1 aliphatic rings. The van der Waals surface area contributed by atoms with Crippen molar-refractivity contribution in [2.45, 2.75) is 38.3 Å². The van der Waals surface area contributed by atoms with E-state index < -0.39 is 6.10 Å². The molecule has 1 N–H and O–H groups in total. The molecular formula is C10H18O3. The summed E-state index contributed by atoms with van der Waals surface area (Å²) in [5.74, 6) is 0.526. The Bertz CT molecular complexity index is 170. The molecule has 0 aliphatic carbocycles. The molecule has 1 saturated heterocycles. The number of aliphatic hydroxyl groups is 1. The topological polar surface area (TPSA) is 38.7 Å². The number of hydrogen-bond donors (Lipinski definition) is 1. The molecule has 1 rings (SSSR count). The number of rotatable bonds is 3. The summed E-state index contributed by atoms with van der Waals surface area (Å²) in [6, 6.07) is 0. The van der Waals surface area contributed by atoms with Gasteiger partial charge in [-0.05, 0) is 12.3 Å². The van der Waals surface area contributed by atoms with Gasteiger partial charge in [0, 0.05) is 13.5 Å². The zero-order valence-corrected chi connectivity index (χ0v) is 8.27. The summed E-state index contributed by atoms with van der Waals surface area (Å²) in [4.78, 5) is 0. The quantitative estimate of drug-likeness (QED) is 0.676. The Labute approximate surface area is 79.3 Å². The lowest BCUT2D eigenvalue weighted by atomic mass is 9.94. The maximum atomic E-state index is 9.52. The lowest BCUT2D eigenvalue weighted by Crippen LogP contribution is -2.39. The molecule has 1 heterocycles. The molecule has 3 heteroatoms. The van der Waals surface area contributed by atoms with Crippen LogP contribution >= 0.6 is 0 Å². The summed E-state index contributed by atoms with van der Waals surface area (Å²) in [5, 5.41) is 9.52. The maximum Gasteiger partial charge on any atom is 0.157 e. The largest absolute Gasteiger partial charge is 0.386 e. The van der Waals surface area contributed by atoms with Crippen LogP contribution in [0, 0.1) is 5.92 Å². The molecule has 0 spiro atoms. The van der Waals surface area contributed by atoms with Gasteiger partial charge in [-0.3, -0.25) is 0 Å². The fourth-order valence-electron chi connectivity index (χ4n) is 1.65. The third-order valence-corrected chi connectivity index (χ3v) is 2.44. The third kappa shape index (κ3) is 2.79. The molecule has 0 bridgehead atoms. The van der Waals surface area contributed by atoms with E-state index in [1.807, 2.05) is 0 Å². The van der Waals surface area contributed by atoms with E-state index in [0.717, 1.165) is 12.8 Å². The minimum absolute atomic E-state index is 0.161. The van der Waals surface area contributed by atoms with Gasteiger partial charge in [0.1, 0.15) is 0 Å². The van der Waals surface area contributed by atoms with Gasteiger partial charge in [-0.15, -0.1) is 6.58 Å². The average Bonchev–Trinajstić information content (AvgIpc) is 2.15. The third-order valence-electron chi connectivity index (χ3n) is 2.44. The van der Waals surface area contributed by atoms with E-state index in [0.29, 0.717) is 5.92 Å². The predicted octanol–water partition coefficient (Wildman–Crippen LogP) is 1.32. The van der Waals surface area contributed by atoms with Crippen LogP contribution < -0.4 is 0 Å². The Kier molecular flexibility index (Phi) is 3.90. The molecule has 4 atom stereocenters. The number of methoxy groups -OCH3 is 1. The Morgan fingerprint density at radius 3 is 2.85 bits per heavy atom. The van der Waals surface area contributed by atoms with Crippen LogP contribution in [0.25, 0.3) is 0 Å². The molecule has 1 unspecified atom stereocenters. The van der Waals surface area contributed by atoms with Crippen molar-refractivity contribution in [3.63, 3.8) is 0 Å². The van der Waals surface area contributed by atoms with Crippen LogP contribution in [0.3, 0.4) is 0 Å². The summed E-state index contributed by atoms with van der Waals surface area (Å²) < 4.78 is 10.6. The van der Waals surface area contributed by atoms with Crippen molar-refractivity contribution in [2.24, 2.45) is 5.92 Å². The SMILES string of the molecule is C=C[C@H](O)[C@@H]1CC(C)C[C@@H](OC)O1. The first-order valence-electron chi connectivity index (χ1n) is 4.66. The molecule has 1 aliphatic heterocycles. The van der Waals surface area contributed by atoms with Crippen molar-refractivity contribution < 1.29 is 14.6 Å². The Hall–Kier alpha value is -0.380. The van der Waals surface area contributed by atoms with E-state index in [1.165, 1.54) is 6.08 Å². The highest BCUT2D eigenvalue weighted by atomic mass is 16.7. The molecule has 76 valence electrons. The van der Waals surface area contributed by atoms with Crippen molar-refractivity contribution in [1.29, 1.82) is 0 Å². The Balaban J connectivity index is 2.51. The molecule has 0 aromatic rings. The second-order valence-corrected chi connectivity index (χ2v) is 3.64. The number of ether oxygens (including phenoxy) is 2. The molecule has 1 fully saturated rings. The van der Waals surface area contributed by atoms with Gasteiger partial charge in [-0.25, -0.2) is 0 Å². The van der Waals surface area contributed by atoms with Crippen LogP contribution in [0.4, 0.5) is 0 Å². The van der Waals surface area contributed by atoms with Gasteiger partial charge in [-0.2, -0.15) is 0 Å². The van der Waals surface area contributed by atoms with Gasteiger partial charge < -0.3 is 14.6 Å². The van der Waals surface area contributed by atoms with Crippen LogP contribution in [0.5, 0.6) is 0 Å². The second-order valence-electron chi connectivity index (χ2n) is 3.64. The van der Waals surface area contributed by atoms with Gasteiger partial charge in [0.2, 0.25) is 0 Å². The van der Waals surface area contributed by atoms with E-state index in [1.54, 1.807) is 7.11 Å². The van der Waals surface area contributed by atoms with Gasteiger partial charge in [0.05, 0.1) is 12.2 Å². The first-order valence-corrected chi connectivity index (χ1v) is 4.66. The summed E-state index contributed by atoms with van der Waals surface area (Å²) in [7, 11) is 1.63. The number of hydrogen-bond acceptors (Lipinski definition) is 3. The van der Waals surface area contributed by atoms with Crippen LogP contribution in [0.15, 0.2) is 12.7 Å². The van der Waals surface area contributed by atoms with Crippen molar-refractivity contribution in [3.8, 4) is 0 Å². The predicted molar refractivity (Wildman–Crippen MR) is 50.3 cm³/mol. The van der Waals surface area contributed by atoms with Crippen molar-refractivity contribution in [3.05, 3.63) is 12.7 Å². The summed E-state index contributed by atoms with van der Waals surface area (Å²) in [5.41, 5.74) is 0. The first kappa shape index (κ1) is 10.7. The zero-order chi connectivity index (χ0) is 9.84. The summed E-state index contributed by atoms with van der Waals surface area (Å²) in [6.45, 7) is 5.68. The lowest BCUT2D eigenvalue weighted by molar-refractivity contribution is -0.208. The van der Waals surface area contributed by atoms with Gasteiger partial charge in [-0.1, -0.05) is 13.0 Å². The van der Waals surface area contributed by atoms with E-state index in [9.17, 15) is 5.11 Å². The fraction of sp³-hybridized carbons (Fsp3) is 0.800. The fourth-order valence-corrected chi connectivity index (χ4v) is 1.65.